The summed E-state index contributed by atoms with van der Waals surface area (Å²) in [7, 11) is 0. The third-order valence-corrected chi connectivity index (χ3v) is 3.78. The Bertz CT molecular complexity index is 398. The minimum absolute atomic E-state index is 0.0379. The normalized spacial score (nSPS) is 23.0. The highest BCUT2D eigenvalue weighted by Crippen LogP contribution is 2.33. The van der Waals surface area contributed by atoms with Crippen LogP contribution in [0.15, 0.2) is 18.2 Å². The lowest BCUT2D eigenvalue weighted by atomic mass is 9.93. The van der Waals surface area contributed by atoms with Crippen LogP contribution in [0.5, 0.6) is 0 Å². The predicted molar refractivity (Wildman–Crippen MR) is 66.4 cm³/mol. The van der Waals surface area contributed by atoms with E-state index in [0.717, 1.165) is 19.4 Å². The summed E-state index contributed by atoms with van der Waals surface area (Å²) in [5.74, 6) is -1.07. The lowest BCUT2D eigenvalue weighted by Gasteiger charge is -2.41. The molecule has 18 heavy (non-hydrogen) atoms. The van der Waals surface area contributed by atoms with E-state index in [-0.39, 0.29) is 11.2 Å². The molecule has 0 radical (unpaired) electrons. The van der Waals surface area contributed by atoms with Gasteiger partial charge < -0.3 is 10.1 Å². The Morgan fingerprint density at radius 3 is 2.44 bits per heavy atom. The fraction of sp³-hybridized carbons (Fsp3) is 0.571. The van der Waals surface area contributed by atoms with Gasteiger partial charge in [-0.1, -0.05) is 19.9 Å². The number of ether oxygens (including phenoxy) is 1. The molecule has 1 N–H and O–H groups in total. The average molecular weight is 255 g/mol. The summed E-state index contributed by atoms with van der Waals surface area (Å²) in [5, 5.41) is 3.22. The molecule has 0 amide bonds. The van der Waals surface area contributed by atoms with Crippen LogP contribution in [-0.4, -0.2) is 18.7 Å². The third-order valence-electron chi connectivity index (χ3n) is 3.78. The SMILES string of the molecule is CCC1(CC)CNCC(c2c(F)cccc2F)O1. The highest BCUT2D eigenvalue weighted by Gasteiger charge is 2.36. The first-order chi connectivity index (χ1) is 8.62. The van der Waals surface area contributed by atoms with E-state index in [0.29, 0.717) is 6.54 Å². The Labute approximate surface area is 106 Å². The van der Waals surface area contributed by atoms with Gasteiger partial charge >= 0.3 is 0 Å². The van der Waals surface area contributed by atoms with Crippen molar-refractivity contribution in [3.8, 4) is 0 Å². The van der Waals surface area contributed by atoms with Gasteiger partial charge in [0.1, 0.15) is 17.7 Å². The van der Waals surface area contributed by atoms with Gasteiger partial charge in [-0.15, -0.1) is 0 Å². The molecule has 1 unspecified atom stereocenters. The van der Waals surface area contributed by atoms with Crippen molar-refractivity contribution in [3.63, 3.8) is 0 Å². The zero-order chi connectivity index (χ0) is 13.2. The zero-order valence-electron chi connectivity index (χ0n) is 10.8. The molecule has 4 heteroatoms. The van der Waals surface area contributed by atoms with Crippen molar-refractivity contribution in [2.75, 3.05) is 13.1 Å². The molecule has 1 aliphatic rings. The topological polar surface area (TPSA) is 21.3 Å². The quantitative estimate of drug-likeness (QED) is 0.895. The maximum atomic E-state index is 13.7. The summed E-state index contributed by atoms with van der Waals surface area (Å²) in [4.78, 5) is 0. The lowest BCUT2D eigenvalue weighted by molar-refractivity contribution is -0.124. The fourth-order valence-electron chi connectivity index (χ4n) is 2.46. The number of halogens is 2. The molecule has 0 saturated carbocycles. The summed E-state index contributed by atoms with van der Waals surface area (Å²) in [6, 6.07) is 3.92. The molecule has 1 saturated heterocycles. The molecule has 0 bridgehead atoms. The molecular formula is C14H19F2NO. The summed E-state index contributed by atoms with van der Waals surface area (Å²) >= 11 is 0. The first-order valence-electron chi connectivity index (χ1n) is 6.44. The van der Waals surface area contributed by atoms with E-state index in [2.05, 4.69) is 5.32 Å². The first-order valence-corrected chi connectivity index (χ1v) is 6.44. The van der Waals surface area contributed by atoms with Crippen LogP contribution in [-0.2, 0) is 4.74 Å². The van der Waals surface area contributed by atoms with Crippen LogP contribution >= 0.6 is 0 Å². The van der Waals surface area contributed by atoms with Crippen molar-refractivity contribution in [1.82, 2.24) is 5.32 Å². The molecular weight excluding hydrogens is 236 g/mol. The average Bonchev–Trinajstić information content (AvgIpc) is 2.39. The molecule has 0 spiro atoms. The van der Waals surface area contributed by atoms with Gasteiger partial charge in [-0.3, -0.25) is 0 Å². The number of nitrogens with one attached hydrogen (secondary N) is 1. The van der Waals surface area contributed by atoms with Crippen molar-refractivity contribution in [2.24, 2.45) is 0 Å². The van der Waals surface area contributed by atoms with Crippen molar-refractivity contribution in [1.29, 1.82) is 0 Å². The van der Waals surface area contributed by atoms with Crippen LogP contribution < -0.4 is 5.32 Å². The number of morpholine rings is 1. The monoisotopic (exact) mass is 255 g/mol. The van der Waals surface area contributed by atoms with Gasteiger partial charge in [-0.2, -0.15) is 0 Å². The summed E-state index contributed by atoms with van der Waals surface area (Å²) in [5.41, 5.74) is -0.284. The first kappa shape index (κ1) is 13.4. The van der Waals surface area contributed by atoms with Crippen molar-refractivity contribution < 1.29 is 13.5 Å². The highest BCUT2D eigenvalue weighted by molar-refractivity contribution is 5.23. The Balaban J connectivity index is 2.28. The van der Waals surface area contributed by atoms with Gasteiger partial charge in [0.05, 0.1) is 11.2 Å². The van der Waals surface area contributed by atoms with Gasteiger partial charge in [0.25, 0.3) is 0 Å². The molecule has 0 aliphatic carbocycles. The summed E-state index contributed by atoms with van der Waals surface area (Å²) in [6.07, 6.45) is 1.09. The molecule has 2 nitrogen and oxygen atoms in total. The molecule has 1 aromatic carbocycles. The molecule has 1 aliphatic heterocycles. The van der Waals surface area contributed by atoms with Gasteiger partial charge in [-0.25, -0.2) is 8.78 Å². The van der Waals surface area contributed by atoms with Gasteiger partial charge in [-0.05, 0) is 25.0 Å². The minimum atomic E-state index is -0.556. The van der Waals surface area contributed by atoms with Crippen LogP contribution in [0.2, 0.25) is 0 Å². The van der Waals surface area contributed by atoms with Crippen molar-refractivity contribution >= 4 is 0 Å². The Morgan fingerprint density at radius 2 is 1.89 bits per heavy atom. The second kappa shape index (κ2) is 5.33. The molecule has 0 aromatic heterocycles. The van der Waals surface area contributed by atoms with Crippen molar-refractivity contribution in [3.05, 3.63) is 35.4 Å². The maximum Gasteiger partial charge on any atom is 0.132 e. The second-order valence-corrected chi connectivity index (χ2v) is 4.76. The van der Waals surface area contributed by atoms with Crippen LogP contribution in [0.4, 0.5) is 8.78 Å². The fourth-order valence-corrected chi connectivity index (χ4v) is 2.46. The van der Waals surface area contributed by atoms with Crippen LogP contribution in [0.25, 0.3) is 0 Å². The number of benzene rings is 1. The van der Waals surface area contributed by atoms with E-state index in [9.17, 15) is 8.78 Å². The van der Waals surface area contributed by atoms with E-state index in [1.165, 1.54) is 18.2 Å². The molecule has 1 atom stereocenters. The standard InChI is InChI=1S/C14H19F2NO/c1-3-14(4-2)9-17-8-12(18-14)13-10(15)6-5-7-11(13)16/h5-7,12,17H,3-4,8-9H2,1-2H3. The Morgan fingerprint density at radius 1 is 1.28 bits per heavy atom. The van der Waals surface area contributed by atoms with Crippen LogP contribution in [0.3, 0.4) is 0 Å². The van der Waals surface area contributed by atoms with Gasteiger partial charge in [0.15, 0.2) is 0 Å². The summed E-state index contributed by atoms with van der Waals surface area (Å²) < 4.78 is 33.5. The number of hydrogen-bond acceptors (Lipinski definition) is 2. The highest BCUT2D eigenvalue weighted by atomic mass is 19.1. The molecule has 100 valence electrons. The largest absolute Gasteiger partial charge is 0.364 e. The van der Waals surface area contributed by atoms with E-state index in [1.807, 2.05) is 13.8 Å². The molecule has 1 fully saturated rings. The van der Waals surface area contributed by atoms with E-state index in [4.69, 9.17) is 4.74 Å². The smallest absolute Gasteiger partial charge is 0.132 e. The van der Waals surface area contributed by atoms with E-state index < -0.39 is 17.7 Å². The molecule has 2 rings (SSSR count). The minimum Gasteiger partial charge on any atom is -0.364 e. The van der Waals surface area contributed by atoms with E-state index in [1.54, 1.807) is 0 Å². The van der Waals surface area contributed by atoms with Crippen LogP contribution in [0.1, 0.15) is 38.4 Å². The van der Waals surface area contributed by atoms with Gasteiger partial charge in [0, 0.05) is 13.1 Å². The third kappa shape index (κ3) is 2.40. The lowest BCUT2D eigenvalue weighted by Crippen LogP contribution is -2.50. The number of rotatable bonds is 3. The Kier molecular flexibility index (Phi) is 3.97. The maximum absolute atomic E-state index is 13.7. The summed E-state index contributed by atoms with van der Waals surface area (Å²) in [6.45, 7) is 5.24. The Hall–Kier alpha value is -1.00. The number of hydrogen-bond donors (Lipinski definition) is 1. The van der Waals surface area contributed by atoms with Gasteiger partial charge in [0.2, 0.25) is 0 Å². The van der Waals surface area contributed by atoms with E-state index >= 15 is 0 Å². The zero-order valence-corrected chi connectivity index (χ0v) is 10.8. The van der Waals surface area contributed by atoms with Crippen LogP contribution in [0, 0.1) is 11.6 Å². The van der Waals surface area contributed by atoms with Crippen molar-refractivity contribution in [2.45, 2.75) is 38.4 Å². The predicted octanol–water partition coefficient (Wildman–Crippen LogP) is 3.18. The second-order valence-electron chi connectivity index (χ2n) is 4.76. The molecule has 1 heterocycles. The molecule has 1 aromatic rings.